The number of aliphatic hydroxyl groups is 1. The summed E-state index contributed by atoms with van der Waals surface area (Å²) in [5.41, 5.74) is 5.55. The van der Waals surface area contributed by atoms with Crippen LogP contribution in [0.4, 0.5) is 0 Å². The van der Waals surface area contributed by atoms with Crippen molar-refractivity contribution in [1.29, 1.82) is 0 Å². The van der Waals surface area contributed by atoms with Gasteiger partial charge in [0.05, 0.1) is 0 Å². The predicted molar refractivity (Wildman–Crippen MR) is 56.7 cm³/mol. The second-order valence-corrected chi connectivity index (χ2v) is 3.35. The first kappa shape index (κ1) is 12.9. The van der Waals surface area contributed by atoms with E-state index in [1.807, 2.05) is 0 Å². The Hall–Kier alpha value is -0.120. The average Bonchev–Trinajstić information content (AvgIpc) is 2.17. The van der Waals surface area contributed by atoms with Crippen molar-refractivity contribution in [1.82, 2.24) is 4.90 Å². The Labute approximate surface area is 81.9 Å². The minimum Gasteiger partial charge on any atom is -0.396 e. The number of hydrogen-bond donors (Lipinski definition) is 2. The van der Waals surface area contributed by atoms with Crippen LogP contribution in [0.3, 0.4) is 0 Å². The SMILES string of the molecule is CCC(CCN)N(CC)CCCO. The molecule has 80 valence electrons. The Morgan fingerprint density at radius 1 is 1.38 bits per heavy atom. The van der Waals surface area contributed by atoms with E-state index in [-0.39, 0.29) is 6.61 Å². The van der Waals surface area contributed by atoms with Gasteiger partial charge in [-0.05, 0) is 32.4 Å². The van der Waals surface area contributed by atoms with Crippen LogP contribution in [0.1, 0.15) is 33.1 Å². The fourth-order valence-corrected chi connectivity index (χ4v) is 1.71. The minimum atomic E-state index is 0.287. The topological polar surface area (TPSA) is 49.5 Å². The van der Waals surface area contributed by atoms with Gasteiger partial charge in [-0.1, -0.05) is 13.8 Å². The highest BCUT2D eigenvalue weighted by Crippen LogP contribution is 2.08. The molecule has 0 spiro atoms. The number of nitrogens with two attached hydrogens (primary N) is 1. The molecule has 0 aliphatic carbocycles. The molecule has 0 aliphatic heterocycles. The van der Waals surface area contributed by atoms with Gasteiger partial charge in [0.2, 0.25) is 0 Å². The van der Waals surface area contributed by atoms with E-state index in [4.69, 9.17) is 10.8 Å². The van der Waals surface area contributed by atoms with Crippen LogP contribution in [-0.4, -0.2) is 42.3 Å². The molecule has 0 rings (SSSR count). The second kappa shape index (κ2) is 8.48. The Morgan fingerprint density at radius 3 is 2.46 bits per heavy atom. The molecule has 3 N–H and O–H groups in total. The van der Waals surface area contributed by atoms with Gasteiger partial charge in [0, 0.05) is 19.2 Å². The summed E-state index contributed by atoms with van der Waals surface area (Å²) in [6.07, 6.45) is 3.08. The van der Waals surface area contributed by atoms with E-state index in [0.29, 0.717) is 6.04 Å². The standard InChI is InChI=1S/C10H24N2O/c1-3-10(6-7-11)12(4-2)8-5-9-13/h10,13H,3-9,11H2,1-2H3. The monoisotopic (exact) mass is 188 g/mol. The molecule has 1 unspecified atom stereocenters. The van der Waals surface area contributed by atoms with E-state index in [2.05, 4.69) is 18.7 Å². The predicted octanol–water partition coefficient (Wildman–Crippen LogP) is 0.818. The fraction of sp³-hybridized carbons (Fsp3) is 1.00. The van der Waals surface area contributed by atoms with Crippen LogP contribution in [-0.2, 0) is 0 Å². The maximum absolute atomic E-state index is 8.74. The summed E-state index contributed by atoms with van der Waals surface area (Å²) in [5, 5.41) is 8.74. The van der Waals surface area contributed by atoms with E-state index >= 15 is 0 Å². The highest BCUT2D eigenvalue weighted by molar-refractivity contribution is 4.69. The summed E-state index contributed by atoms with van der Waals surface area (Å²) < 4.78 is 0. The van der Waals surface area contributed by atoms with Gasteiger partial charge >= 0.3 is 0 Å². The third-order valence-electron chi connectivity index (χ3n) is 2.50. The summed E-state index contributed by atoms with van der Waals surface area (Å²) in [6, 6.07) is 0.599. The van der Waals surface area contributed by atoms with Crippen LogP contribution in [0, 0.1) is 0 Å². The molecule has 0 saturated heterocycles. The van der Waals surface area contributed by atoms with Gasteiger partial charge in [0.25, 0.3) is 0 Å². The zero-order valence-electron chi connectivity index (χ0n) is 9.00. The molecule has 0 aromatic carbocycles. The molecule has 3 nitrogen and oxygen atoms in total. The third-order valence-corrected chi connectivity index (χ3v) is 2.50. The van der Waals surface area contributed by atoms with Crippen LogP contribution in [0.2, 0.25) is 0 Å². The normalized spacial score (nSPS) is 13.6. The summed E-state index contributed by atoms with van der Waals surface area (Å²) in [4.78, 5) is 2.41. The average molecular weight is 188 g/mol. The zero-order valence-corrected chi connectivity index (χ0v) is 9.00. The van der Waals surface area contributed by atoms with Crippen LogP contribution in [0.15, 0.2) is 0 Å². The van der Waals surface area contributed by atoms with Crippen LogP contribution in [0.25, 0.3) is 0 Å². The highest BCUT2D eigenvalue weighted by Gasteiger charge is 2.13. The van der Waals surface area contributed by atoms with Crippen molar-refractivity contribution in [2.24, 2.45) is 5.73 Å². The van der Waals surface area contributed by atoms with Crippen molar-refractivity contribution in [3.63, 3.8) is 0 Å². The van der Waals surface area contributed by atoms with Gasteiger partial charge in [0.1, 0.15) is 0 Å². The van der Waals surface area contributed by atoms with Gasteiger partial charge in [-0.3, -0.25) is 0 Å². The van der Waals surface area contributed by atoms with Crippen LogP contribution < -0.4 is 5.73 Å². The van der Waals surface area contributed by atoms with Gasteiger partial charge in [0.15, 0.2) is 0 Å². The summed E-state index contributed by atoms with van der Waals surface area (Å²) in [5.74, 6) is 0. The Bertz CT molecular complexity index is 109. The quantitative estimate of drug-likeness (QED) is 0.593. The molecular weight excluding hydrogens is 164 g/mol. The van der Waals surface area contributed by atoms with Gasteiger partial charge in [-0.2, -0.15) is 0 Å². The molecule has 13 heavy (non-hydrogen) atoms. The van der Waals surface area contributed by atoms with E-state index in [9.17, 15) is 0 Å². The first-order valence-electron chi connectivity index (χ1n) is 5.35. The molecule has 0 radical (unpaired) electrons. The van der Waals surface area contributed by atoms with Crippen LogP contribution in [0.5, 0.6) is 0 Å². The molecule has 0 aromatic rings. The smallest absolute Gasteiger partial charge is 0.0443 e. The highest BCUT2D eigenvalue weighted by atomic mass is 16.3. The Balaban J connectivity index is 3.84. The lowest BCUT2D eigenvalue weighted by Crippen LogP contribution is -2.37. The molecule has 0 amide bonds. The first-order chi connectivity index (χ1) is 6.29. The van der Waals surface area contributed by atoms with Gasteiger partial charge in [-0.25, -0.2) is 0 Å². The van der Waals surface area contributed by atoms with Crippen molar-refractivity contribution < 1.29 is 5.11 Å². The number of hydrogen-bond acceptors (Lipinski definition) is 3. The molecule has 0 heterocycles. The van der Waals surface area contributed by atoms with Crippen molar-refractivity contribution in [2.75, 3.05) is 26.2 Å². The van der Waals surface area contributed by atoms with Gasteiger partial charge < -0.3 is 15.7 Å². The van der Waals surface area contributed by atoms with Gasteiger partial charge in [-0.15, -0.1) is 0 Å². The van der Waals surface area contributed by atoms with Crippen molar-refractivity contribution >= 4 is 0 Å². The summed E-state index contributed by atoms with van der Waals surface area (Å²) in [7, 11) is 0. The molecule has 0 aliphatic rings. The Morgan fingerprint density at radius 2 is 2.08 bits per heavy atom. The van der Waals surface area contributed by atoms with Crippen molar-refractivity contribution in [3.05, 3.63) is 0 Å². The maximum Gasteiger partial charge on any atom is 0.0443 e. The number of aliphatic hydroxyl groups excluding tert-OH is 1. The maximum atomic E-state index is 8.74. The molecule has 3 heteroatoms. The number of nitrogens with zero attached hydrogens (tertiary/aromatic N) is 1. The minimum absolute atomic E-state index is 0.287. The van der Waals surface area contributed by atoms with E-state index in [0.717, 1.165) is 38.9 Å². The lowest BCUT2D eigenvalue weighted by atomic mass is 10.1. The lowest BCUT2D eigenvalue weighted by Gasteiger charge is -2.29. The summed E-state index contributed by atoms with van der Waals surface area (Å²) in [6.45, 7) is 7.45. The fourth-order valence-electron chi connectivity index (χ4n) is 1.71. The largest absolute Gasteiger partial charge is 0.396 e. The molecule has 0 bridgehead atoms. The first-order valence-corrected chi connectivity index (χ1v) is 5.35. The van der Waals surface area contributed by atoms with E-state index in [1.54, 1.807) is 0 Å². The van der Waals surface area contributed by atoms with Crippen molar-refractivity contribution in [2.45, 2.75) is 39.2 Å². The third kappa shape index (κ3) is 5.24. The second-order valence-electron chi connectivity index (χ2n) is 3.35. The number of rotatable bonds is 8. The lowest BCUT2D eigenvalue weighted by molar-refractivity contribution is 0.171. The summed E-state index contributed by atoms with van der Waals surface area (Å²) >= 11 is 0. The van der Waals surface area contributed by atoms with E-state index < -0.39 is 0 Å². The molecule has 1 atom stereocenters. The van der Waals surface area contributed by atoms with Crippen molar-refractivity contribution in [3.8, 4) is 0 Å². The molecule has 0 aromatic heterocycles. The molecule has 0 fully saturated rings. The van der Waals surface area contributed by atoms with Crippen LogP contribution >= 0.6 is 0 Å². The Kier molecular flexibility index (Phi) is 8.40. The zero-order chi connectivity index (χ0) is 10.1. The van der Waals surface area contributed by atoms with E-state index in [1.165, 1.54) is 0 Å². The molecule has 0 saturated carbocycles. The molecular formula is C10H24N2O.